The molecule has 3 aromatic carbocycles. The predicted octanol–water partition coefficient (Wildman–Crippen LogP) is 6.21. The van der Waals surface area contributed by atoms with E-state index < -0.39 is 12.2 Å². The lowest BCUT2D eigenvalue weighted by atomic mass is 10.0. The normalized spacial score (nSPS) is 11.7. The molecule has 0 saturated heterocycles. The first-order valence-corrected chi connectivity index (χ1v) is 12.0. The largest absolute Gasteiger partial charge is 0.441 e. The van der Waals surface area contributed by atoms with Crippen LogP contribution in [0.15, 0.2) is 79.1 Å². The van der Waals surface area contributed by atoms with Crippen molar-refractivity contribution in [1.29, 1.82) is 0 Å². The predicted molar refractivity (Wildman–Crippen MR) is 139 cm³/mol. The standard InChI is InChI=1S/C27H22N4O4S/c1-17(18-6-4-3-5-7-18)35-27(33)30-25-23(14-29-31(25)2)21-10-8-20-13-22(11-9-19(20)12-21)26-28-15-24(36-26)34-16-32/h3-17H,1-2H3,(H,30,33). The molecule has 0 radical (unpaired) electrons. The molecule has 0 bridgehead atoms. The van der Waals surface area contributed by atoms with Crippen molar-refractivity contribution in [1.82, 2.24) is 14.8 Å². The first-order chi connectivity index (χ1) is 17.5. The summed E-state index contributed by atoms with van der Waals surface area (Å²) in [6.07, 6.45) is 2.31. The second kappa shape index (κ2) is 10.0. The minimum absolute atomic E-state index is 0.392. The lowest BCUT2D eigenvalue weighted by Crippen LogP contribution is -2.18. The Kier molecular flexibility index (Phi) is 6.46. The Balaban J connectivity index is 1.37. The number of anilines is 1. The SMILES string of the molecule is CC(OC(=O)Nc1c(-c2ccc3cc(-c4ncc(OC=O)s4)ccc3c2)cnn1C)c1ccccc1. The Morgan fingerprint density at radius 3 is 2.50 bits per heavy atom. The van der Waals surface area contributed by atoms with Crippen LogP contribution in [-0.2, 0) is 16.6 Å². The summed E-state index contributed by atoms with van der Waals surface area (Å²) in [4.78, 5) is 27.5. The Morgan fingerprint density at radius 2 is 1.75 bits per heavy atom. The van der Waals surface area contributed by atoms with E-state index in [4.69, 9.17) is 9.47 Å². The Morgan fingerprint density at radius 1 is 1.03 bits per heavy atom. The number of fused-ring (bicyclic) bond motifs is 1. The number of benzene rings is 3. The monoisotopic (exact) mass is 498 g/mol. The van der Waals surface area contributed by atoms with Crippen LogP contribution in [0.4, 0.5) is 10.6 Å². The van der Waals surface area contributed by atoms with Gasteiger partial charge in [0.05, 0.1) is 12.4 Å². The molecular weight excluding hydrogens is 476 g/mol. The summed E-state index contributed by atoms with van der Waals surface area (Å²) in [7, 11) is 1.77. The molecule has 36 heavy (non-hydrogen) atoms. The van der Waals surface area contributed by atoms with Crippen LogP contribution in [0.3, 0.4) is 0 Å². The van der Waals surface area contributed by atoms with Gasteiger partial charge in [-0.2, -0.15) is 5.10 Å². The number of carbonyl (C=O) groups is 2. The van der Waals surface area contributed by atoms with Crippen LogP contribution in [0.25, 0.3) is 32.5 Å². The van der Waals surface area contributed by atoms with Gasteiger partial charge in [0.25, 0.3) is 6.47 Å². The van der Waals surface area contributed by atoms with Crippen LogP contribution in [0.1, 0.15) is 18.6 Å². The summed E-state index contributed by atoms with van der Waals surface area (Å²) >= 11 is 1.30. The highest BCUT2D eigenvalue weighted by Crippen LogP contribution is 2.34. The summed E-state index contributed by atoms with van der Waals surface area (Å²) in [5, 5.41) is 10.4. The molecule has 8 nitrogen and oxygen atoms in total. The maximum absolute atomic E-state index is 12.6. The van der Waals surface area contributed by atoms with Gasteiger partial charge in [0.1, 0.15) is 16.9 Å². The molecule has 2 heterocycles. The van der Waals surface area contributed by atoms with Crippen molar-refractivity contribution in [3.8, 4) is 26.8 Å². The van der Waals surface area contributed by atoms with Gasteiger partial charge < -0.3 is 9.47 Å². The van der Waals surface area contributed by atoms with Crippen molar-refractivity contribution in [2.24, 2.45) is 7.05 Å². The Bertz CT molecular complexity index is 1540. The topological polar surface area (TPSA) is 95.3 Å². The van der Waals surface area contributed by atoms with Crippen molar-refractivity contribution < 1.29 is 19.1 Å². The third-order valence-corrected chi connectivity index (χ3v) is 6.70. The quantitative estimate of drug-likeness (QED) is 0.268. The number of thiazole rings is 1. The van der Waals surface area contributed by atoms with Gasteiger partial charge in [0, 0.05) is 18.2 Å². The van der Waals surface area contributed by atoms with Gasteiger partial charge in [-0.1, -0.05) is 65.9 Å². The maximum atomic E-state index is 12.6. The van der Waals surface area contributed by atoms with Crippen LogP contribution in [-0.4, -0.2) is 27.3 Å². The third kappa shape index (κ3) is 4.82. The fourth-order valence-electron chi connectivity index (χ4n) is 3.92. The van der Waals surface area contributed by atoms with Gasteiger partial charge in [-0.3, -0.25) is 14.8 Å². The Hall–Kier alpha value is -4.50. The number of ether oxygens (including phenoxy) is 2. The molecule has 0 aliphatic heterocycles. The number of amides is 1. The number of aromatic nitrogens is 3. The minimum atomic E-state index is -0.553. The number of nitrogens with one attached hydrogen (secondary N) is 1. The molecule has 1 N–H and O–H groups in total. The summed E-state index contributed by atoms with van der Waals surface area (Å²) in [6, 6.07) is 21.6. The van der Waals surface area contributed by atoms with E-state index in [-0.39, 0.29) is 0 Å². The Labute approximate surface area is 211 Å². The van der Waals surface area contributed by atoms with E-state index in [0.717, 1.165) is 38.0 Å². The lowest BCUT2D eigenvalue weighted by molar-refractivity contribution is -0.120. The van der Waals surface area contributed by atoms with Crippen molar-refractivity contribution in [2.75, 3.05) is 5.32 Å². The molecule has 1 amide bonds. The van der Waals surface area contributed by atoms with Crippen molar-refractivity contribution in [2.45, 2.75) is 13.0 Å². The van der Waals surface area contributed by atoms with Crippen LogP contribution in [0.2, 0.25) is 0 Å². The van der Waals surface area contributed by atoms with Crippen molar-refractivity contribution in [3.63, 3.8) is 0 Å². The van der Waals surface area contributed by atoms with Crippen molar-refractivity contribution >= 4 is 40.5 Å². The van der Waals surface area contributed by atoms with E-state index in [1.165, 1.54) is 17.5 Å². The fraction of sp³-hybridized carbons (Fsp3) is 0.111. The molecule has 5 aromatic rings. The van der Waals surface area contributed by atoms with E-state index in [1.54, 1.807) is 17.9 Å². The molecule has 2 aromatic heterocycles. The van der Waals surface area contributed by atoms with Gasteiger partial charge in [-0.15, -0.1) is 0 Å². The molecule has 180 valence electrons. The van der Waals surface area contributed by atoms with E-state index in [1.807, 2.05) is 73.7 Å². The highest BCUT2D eigenvalue weighted by molar-refractivity contribution is 7.16. The zero-order valence-corrected chi connectivity index (χ0v) is 20.4. The first kappa shape index (κ1) is 23.3. The average Bonchev–Trinajstić information content (AvgIpc) is 3.51. The number of rotatable bonds is 7. The first-order valence-electron chi connectivity index (χ1n) is 11.2. The van der Waals surface area contributed by atoms with Gasteiger partial charge in [0.15, 0.2) is 0 Å². The molecule has 0 aliphatic carbocycles. The number of nitrogens with zero attached hydrogens (tertiary/aromatic N) is 3. The van der Waals surface area contributed by atoms with Gasteiger partial charge in [-0.05, 0) is 41.0 Å². The minimum Gasteiger partial charge on any atom is -0.441 e. The summed E-state index contributed by atoms with van der Waals surface area (Å²) < 4.78 is 12.1. The average molecular weight is 499 g/mol. The lowest BCUT2D eigenvalue weighted by Gasteiger charge is -2.15. The molecule has 1 unspecified atom stereocenters. The van der Waals surface area contributed by atoms with E-state index in [9.17, 15) is 9.59 Å². The van der Waals surface area contributed by atoms with Gasteiger partial charge >= 0.3 is 6.09 Å². The third-order valence-electron chi connectivity index (χ3n) is 5.76. The molecule has 1 atom stereocenters. The van der Waals surface area contributed by atoms with Crippen LogP contribution >= 0.6 is 11.3 Å². The maximum Gasteiger partial charge on any atom is 0.413 e. The number of hydrogen-bond donors (Lipinski definition) is 1. The van der Waals surface area contributed by atoms with Crippen LogP contribution < -0.4 is 10.1 Å². The number of aryl methyl sites for hydroxylation is 1. The second-order valence-electron chi connectivity index (χ2n) is 8.09. The van der Waals surface area contributed by atoms with Crippen molar-refractivity contribution in [3.05, 3.63) is 84.7 Å². The highest BCUT2D eigenvalue weighted by Gasteiger charge is 2.17. The molecule has 5 rings (SSSR count). The smallest absolute Gasteiger partial charge is 0.413 e. The summed E-state index contributed by atoms with van der Waals surface area (Å²) in [5.74, 6) is 0.543. The van der Waals surface area contributed by atoms with Gasteiger partial charge in [-0.25, -0.2) is 9.78 Å². The molecule has 0 fully saturated rings. The van der Waals surface area contributed by atoms with E-state index >= 15 is 0 Å². The fourth-order valence-corrected chi connectivity index (χ4v) is 4.65. The summed E-state index contributed by atoms with van der Waals surface area (Å²) in [6.45, 7) is 2.23. The highest BCUT2D eigenvalue weighted by atomic mass is 32.1. The molecular formula is C27H22N4O4S. The summed E-state index contributed by atoms with van der Waals surface area (Å²) in [5.41, 5.74) is 3.53. The van der Waals surface area contributed by atoms with Crippen LogP contribution in [0.5, 0.6) is 5.06 Å². The zero-order valence-electron chi connectivity index (χ0n) is 19.5. The molecule has 0 saturated carbocycles. The number of carbonyl (C=O) groups excluding carboxylic acids is 2. The van der Waals surface area contributed by atoms with Crippen LogP contribution in [0, 0.1) is 0 Å². The zero-order chi connectivity index (χ0) is 25.1. The number of hydrogen-bond acceptors (Lipinski definition) is 7. The second-order valence-corrected chi connectivity index (χ2v) is 9.08. The molecule has 0 aliphatic rings. The van der Waals surface area contributed by atoms with E-state index in [2.05, 4.69) is 15.4 Å². The molecule has 9 heteroatoms. The molecule has 0 spiro atoms. The van der Waals surface area contributed by atoms with Gasteiger partial charge in [0.2, 0.25) is 5.06 Å². The van der Waals surface area contributed by atoms with E-state index in [0.29, 0.717) is 17.4 Å².